The van der Waals surface area contributed by atoms with Crippen LogP contribution in [-0.4, -0.2) is 261 Å². The molecule has 28 nitrogen and oxygen atoms in total. The van der Waals surface area contributed by atoms with Gasteiger partial charge in [-0.1, -0.05) is 254 Å². The summed E-state index contributed by atoms with van der Waals surface area (Å²) in [5.41, 5.74) is 9.06. The summed E-state index contributed by atoms with van der Waals surface area (Å²) < 4.78 is 155. The van der Waals surface area contributed by atoms with E-state index in [-0.39, 0.29) is 71.9 Å². The SMILES string of the molecule is CCCCOC1[C@@H](O[C@H]2CC([C@@H]3OC(C)(C)O[C@@H]3CO[Si](c3ccccc3)(c3ccccc3)C(C)(C)C)O[C@@](OCC3O[C@H](OCCCCCN=[N+]=[N-])C(OCCCC)[C@@H](OCCCC)[C@H]3OCCCC)(C(=O)OC)C2)OC(CO[C@]2(C(=O)OC)C[C@@H](O)CC([C@@H]3OC(C)(C)O[C@@H]3CO[Si](c3ccccc3)(c3ccccc3)C(C)(C)C)O2)[C@H](OCCCC)[C@@H]1OCCCC. The molecule has 6 heterocycles. The van der Waals surface area contributed by atoms with Crippen LogP contribution in [0.4, 0.5) is 0 Å². The van der Waals surface area contributed by atoms with Crippen LogP contribution in [0.1, 0.15) is 233 Å². The fraction of sp³-hybridized carbons (Fsp3) is 0.737. The van der Waals surface area contributed by atoms with E-state index in [0.29, 0.717) is 64.9 Å². The molecule has 4 aromatic rings. The van der Waals surface area contributed by atoms with E-state index in [2.05, 4.69) is 142 Å². The van der Waals surface area contributed by atoms with E-state index < -0.39 is 179 Å². The van der Waals surface area contributed by atoms with Crippen molar-refractivity contribution in [1.82, 2.24) is 0 Å². The average molecular weight is 1840 g/mol. The Morgan fingerprint density at radius 3 is 1.15 bits per heavy atom. The second-order valence-electron chi connectivity index (χ2n) is 38.0. The molecular formula is C99H155N3O25Si2. The Balaban J connectivity index is 1.07. The number of aliphatic hydroxyl groups excluding tert-OH is 1. The van der Waals surface area contributed by atoms with Crippen molar-refractivity contribution >= 4 is 49.3 Å². The van der Waals surface area contributed by atoms with Crippen LogP contribution in [0.5, 0.6) is 0 Å². The summed E-state index contributed by atoms with van der Waals surface area (Å²) in [4.78, 5) is 34.0. The lowest BCUT2D eigenvalue weighted by Gasteiger charge is -2.50. The number of nitrogens with zero attached hydrogens (tertiary/aromatic N) is 3. The van der Waals surface area contributed by atoms with E-state index in [4.69, 9.17) is 109 Å². The van der Waals surface area contributed by atoms with Gasteiger partial charge >= 0.3 is 11.9 Å². The van der Waals surface area contributed by atoms with Crippen molar-refractivity contribution in [3.63, 3.8) is 0 Å². The fourth-order valence-electron chi connectivity index (χ4n) is 18.8. The summed E-state index contributed by atoms with van der Waals surface area (Å²) in [5.74, 6) is -8.85. The number of methoxy groups -OCH3 is 2. The number of unbranched alkanes of at least 4 members (excludes halogenated alkanes) is 8. The Morgan fingerprint density at radius 1 is 0.426 bits per heavy atom. The number of aliphatic hydroxyl groups is 1. The van der Waals surface area contributed by atoms with Crippen LogP contribution in [0.3, 0.4) is 0 Å². The van der Waals surface area contributed by atoms with Gasteiger partial charge in [0.1, 0.15) is 73.2 Å². The highest BCUT2D eigenvalue weighted by molar-refractivity contribution is 7.00. The molecule has 0 aromatic heterocycles. The zero-order chi connectivity index (χ0) is 92.9. The second kappa shape index (κ2) is 50.5. The van der Waals surface area contributed by atoms with Gasteiger partial charge in [-0.3, -0.25) is 0 Å². The smallest absolute Gasteiger partial charge is 0.366 e. The number of benzene rings is 4. The molecular weight excluding hydrogens is 1690 g/mol. The van der Waals surface area contributed by atoms with Crippen LogP contribution in [0.15, 0.2) is 126 Å². The lowest BCUT2D eigenvalue weighted by molar-refractivity contribution is -0.368. The second-order valence-corrected chi connectivity index (χ2v) is 46.7. The Morgan fingerprint density at radius 2 is 0.775 bits per heavy atom. The molecule has 1 N–H and O–H groups in total. The average Bonchev–Trinajstić information content (AvgIpc) is 1.21. The maximum absolute atomic E-state index is 15.9. The zero-order valence-electron chi connectivity index (χ0n) is 80.4. The Labute approximate surface area is 770 Å². The predicted octanol–water partition coefficient (Wildman–Crippen LogP) is 15.1. The van der Waals surface area contributed by atoms with Crippen molar-refractivity contribution in [3.8, 4) is 0 Å². The maximum Gasteiger partial charge on any atom is 0.366 e. The lowest BCUT2D eigenvalue weighted by Crippen LogP contribution is -2.67. The van der Waals surface area contributed by atoms with Crippen LogP contribution in [0, 0.1) is 0 Å². The minimum Gasteiger partial charge on any atom is -0.465 e. The third-order valence-electron chi connectivity index (χ3n) is 25.2. The van der Waals surface area contributed by atoms with Gasteiger partial charge in [0.15, 0.2) is 24.2 Å². The molecule has 0 aliphatic carbocycles. The van der Waals surface area contributed by atoms with Crippen molar-refractivity contribution in [2.24, 2.45) is 5.11 Å². The van der Waals surface area contributed by atoms with E-state index in [1.165, 1.54) is 14.2 Å². The van der Waals surface area contributed by atoms with Crippen LogP contribution in [-0.2, 0) is 113 Å². The minimum absolute atomic E-state index is 0.0184. The molecule has 0 amide bonds. The monoisotopic (exact) mass is 1840 g/mol. The molecule has 4 aromatic carbocycles. The highest BCUT2D eigenvalue weighted by Gasteiger charge is 2.63. The molecule has 6 aliphatic rings. The first-order valence-electron chi connectivity index (χ1n) is 48.0. The van der Waals surface area contributed by atoms with Crippen LogP contribution < -0.4 is 20.7 Å². The van der Waals surface area contributed by atoms with Gasteiger partial charge in [-0.25, -0.2) is 9.59 Å². The first-order valence-corrected chi connectivity index (χ1v) is 51.8. The van der Waals surface area contributed by atoms with E-state index in [1.807, 2.05) is 100 Å². The van der Waals surface area contributed by atoms with Gasteiger partial charge in [-0.2, -0.15) is 0 Å². The molecule has 20 atom stereocenters. The quantitative estimate of drug-likeness (QED) is 0.0107. The fourth-order valence-corrected chi connectivity index (χ4v) is 28.0. The van der Waals surface area contributed by atoms with Crippen LogP contribution >= 0.6 is 0 Å². The van der Waals surface area contributed by atoms with E-state index in [9.17, 15) is 5.11 Å². The molecule has 6 aliphatic heterocycles. The number of hydrogen-bond acceptors (Lipinski definition) is 26. The van der Waals surface area contributed by atoms with E-state index in [1.54, 1.807) is 0 Å². The molecule has 129 heavy (non-hydrogen) atoms. The van der Waals surface area contributed by atoms with Crippen molar-refractivity contribution in [3.05, 3.63) is 132 Å². The molecule has 10 rings (SSSR count). The standard InChI is InChI=1S/C99H155N3O25Si2/c1-19-25-55-108-84-78(120-90(114-61-45-35-44-54-101-102-100)88(112-59-29-23-5)86(84)110-57-27-21-3)66-116-99(93(105)107-18)65-71(63-77(125-99)83-81(123-97(15,16)127-83)69-118-129(95(10,11)12,74-50-40-33-41-51-74)75-52-42-34-43-53-75)119-91-89(113-60-30-24-6)87(111-58-28-22-4)85(109-56-26-20-2)79(121-91)67-115-98(92(104)106-17)64-70(103)62-76(124-98)82-80(122-96(13,14)126-82)68-117-128(94(7,8)9,72-46-36-31-37-47-72)73-48-38-32-39-49-73/h31-34,36-43,46-53,70-71,76-91,103H,19-30,35,44-45,54-69H2,1-18H3/t70-,71-,76?,77?,78?,79?,80+,81+,82-,83-,84-,85-,86-,87-,88?,89?,90-,91-,98+,99+/m0/s1. The number of hydrogen-bond donors (Lipinski definition) is 1. The number of rotatable bonds is 53. The Bertz CT molecular complexity index is 3870. The first kappa shape index (κ1) is 106. The number of azide groups is 1. The Kier molecular flexibility index (Phi) is 41.4. The molecule has 30 heteroatoms. The molecule has 6 fully saturated rings. The van der Waals surface area contributed by atoms with Crippen molar-refractivity contribution in [1.29, 1.82) is 0 Å². The van der Waals surface area contributed by atoms with Gasteiger partial charge in [0, 0.05) is 83.4 Å². The summed E-state index contributed by atoms with van der Waals surface area (Å²) in [7, 11) is -3.92. The van der Waals surface area contributed by atoms with Crippen molar-refractivity contribution < 1.29 is 118 Å². The molecule has 724 valence electrons. The summed E-state index contributed by atoms with van der Waals surface area (Å²) >= 11 is 0. The number of carbonyl (C=O) groups excluding carboxylic acids is 2. The van der Waals surface area contributed by atoms with Gasteiger partial charge < -0.3 is 109 Å². The molecule has 0 spiro atoms. The number of carbonyl (C=O) groups is 2. The van der Waals surface area contributed by atoms with Gasteiger partial charge in [-0.15, -0.1) is 0 Å². The van der Waals surface area contributed by atoms with Crippen molar-refractivity contribution in [2.75, 3.05) is 93.4 Å². The summed E-state index contributed by atoms with van der Waals surface area (Å²) in [5, 5.41) is 19.6. The number of ether oxygens (including phenoxy) is 20. The van der Waals surface area contributed by atoms with Gasteiger partial charge in [0.25, 0.3) is 28.2 Å². The van der Waals surface area contributed by atoms with Gasteiger partial charge in [0.05, 0.1) is 65.1 Å². The molecule has 6 unspecified atom stereocenters. The summed E-state index contributed by atoms with van der Waals surface area (Å²) in [6.07, 6.45) is -7.23. The lowest BCUT2D eigenvalue weighted by atomic mass is 9.92. The molecule has 0 bridgehead atoms. The zero-order valence-corrected chi connectivity index (χ0v) is 82.4. The van der Waals surface area contributed by atoms with Gasteiger partial charge in [0.2, 0.25) is 0 Å². The van der Waals surface area contributed by atoms with E-state index in [0.717, 1.165) is 78.5 Å². The molecule has 0 saturated carbocycles. The third kappa shape index (κ3) is 27.4. The number of esters is 2. The summed E-state index contributed by atoms with van der Waals surface area (Å²) in [6, 6.07) is 41.4. The van der Waals surface area contributed by atoms with E-state index >= 15 is 9.59 Å². The predicted molar refractivity (Wildman–Crippen MR) is 494 cm³/mol. The highest BCUT2D eigenvalue weighted by atomic mass is 28.4. The minimum atomic E-state index is -3.29. The van der Waals surface area contributed by atoms with Gasteiger partial charge in [-0.05, 0) is 115 Å². The van der Waals surface area contributed by atoms with Crippen LogP contribution in [0.2, 0.25) is 10.1 Å². The van der Waals surface area contributed by atoms with Crippen LogP contribution in [0.25, 0.3) is 10.4 Å². The largest absolute Gasteiger partial charge is 0.465 e. The maximum atomic E-state index is 15.9. The molecule has 0 radical (unpaired) electrons. The third-order valence-corrected chi connectivity index (χ3v) is 35.2. The van der Waals surface area contributed by atoms with Crippen molar-refractivity contribution in [2.45, 2.75) is 376 Å². The molecule has 6 saturated heterocycles. The topological polar surface area (TPSA) is 306 Å². The first-order chi connectivity index (χ1) is 62.0. The summed E-state index contributed by atoms with van der Waals surface area (Å²) in [6.45, 7) is 35.0. The highest BCUT2D eigenvalue weighted by Crippen LogP contribution is 2.47. The Hall–Kier alpha value is -5.28. The normalized spacial score (nSPS) is 29.7.